The van der Waals surface area contributed by atoms with Crippen molar-refractivity contribution in [2.24, 2.45) is 17.6 Å². The first-order valence-corrected chi connectivity index (χ1v) is 7.05. The lowest BCUT2D eigenvalue weighted by Gasteiger charge is -2.27. The number of carbonyl (C=O) groups is 2. The normalized spacial score (nSPS) is 25.3. The SMILES string of the molecule is COC(=O)C(C)CN(C)C(=O)C1CCCCCC1N. The third-order valence-electron chi connectivity index (χ3n) is 3.91. The van der Waals surface area contributed by atoms with E-state index in [9.17, 15) is 9.59 Å². The van der Waals surface area contributed by atoms with Crippen LogP contribution in [0.15, 0.2) is 0 Å². The molecule has 0 aromatic heterocycles. The second kappa shape index (κ2) is 7.48. The van der Waals surface area contributed by atoms with Crippen LogP contribution in [0.5, 0.6) is 0 Å². The van der Waals surface area contributed by atoms with Gasteiger partial charge in [-0.2, -0.15) is 0 Å². The minimum atomic E-state index is -0.305. The predicted molar refractivity (Wildman–Crippen MR) is 73.4 cm³/mol. The molecule has 0 spiro atoms. The molecule has 19 heavy (non-hydrogen) atoms. The molecule has 1 rings (SSSR count). The Labute approximate surface area is 115 Å². The van der Waals surface area contributed by atoms with Gasteiger partial charge in [-0.3, -0.25) is 9.59 Å². The molecular weight excluding hydrogens is 244 g/mol. The molecule has 5 heteroatoms. The average Bonchev–Trinajstić information content (AvgIpc) is 2.61. The maximum atomic E-state index is 12.4. The Morgan fingerprint density at radius 1 is 1.32 bits per heavy atom. The van der Waals surface area contributed by atoms with Gasteiger partial charge < -0.3 is 15.4 Å². The van der Waals surface area contributed by atoms with E-state index >= 15 is 0 Å². The van der Waals surface area contributed by atoms with Gasteiger partial charge in [-0.05, 0) is 12.8 Å². The summed E-state index contributed by atoms with van der Waals surface area (Å²) in [4.78, 5) is 25.4. The van der Waals surface area contributed by atoms with Crippen LogP contribution in [0.4, 0.5) is 0 Å². The minimum absolute atomic E-state index is 0.0501. The molecule has 3 atom stereocenters. The zero-order valence-electron chi connectivity index (χ0n) is 12.2. The summed E-state index contributed by atoms with van der Waals surface area (Å²) >= 11 is 0. The molecule has 1 amide bonds. The predicted octanol–water partition coefficient (Wildman–Crippen LogP) is 1.16. The number of ether oxygens (including phenoxy) is 1. The van der Waals surface area contributed by atoms with E-state index in [4.69, 9.17) is 5.73 Å². The standard InChI is InChI=1S/C14H26N2O3/c1-10(14(18)19-3)9-16(2)13(17)11-7-5-4-6-8-12(11)15/h10-12H,4-9,15H2,1-3H3. The number of esters is 1. The van der Waals surface area contributed by atoms with Crippen molar-refractivity contribution >= 4 is 11.9 Å². The third-order valence-corrected chi connectivity index (χ3v) is 3.91. The van der Waals surface area contributed by atoms with Crippen molar-refractivity contribution in [1.82, 2.24) is 4.90 Å². The Balaban J connectivity index is 2.57. The summed E-state index contributed by atoms with van der Waals surface area (Å²) in [6, 6.07) is -0.0501. The van der Waals surface area contributed by atoms with Gasteiger partial charge in [-0.1, -0.05) is 26.2 Å². The molecule has 1 aliphatic rings. The molecule has 2 N–H and O–H groups in total. The summed E-state index contributed by atoms with van der Waals surface area (Å²) in [6.07, 6.45) is 5.09. The van der Waals surface area contributed by atoms with Gasteiger partial charge in [0.2, 0.25) is 5.91 Å². The lowest BCUT2D eigenvalue weighted by Crippen LogP contribution is -2.44. The van der Waals surface area contributed by atoms with E-state index in [1.54, 1.807) is 18.9 Å². The van der Waals surface area contributed by atoms with E-state index in [1.165, 1.54) is 7.11 Å². The number of methoxy groups -OCH3 is 1. The van der Waals surface area contributed by atoms with Crippen LogP contribution < -0.4 is 5.73 Å². The van der Waals surface area contributed by atoms with Crippen LogP contribution in [0.1, 0.15) is 39.0 Å². The number of nitrogens with two attached hydrogens (primary N) is 1. The molecule has 110 valence electrons. The first kappa shape index (κ1) is 16.0. The van der Waals surface area contributed by atoms with Gasteiger partial charge in [0.15, 0.2) is 0 Å². The Kier molecular flexibility index (Phi) is 6.28. The topological polar surface area (TPSA) is 72.6 Å². The minimum Gasteiger partial charge on any atom is -0.469 e. The molecule has 0 saturated heterocycles. The van der Waals surface area contributed by atoms with Crippen molar-refractivity contribution in [3.63, 3.8) is 0 Å². The molecule has 3 unspecified atom stereocenters. The average molecular weight is 270 g/mol. The lowest BCUT2D eigenvalue weighted by molar-refractivity contribution is -0.146. The Hall–Kier alpha value is -1.10. The molecule has 1 fully saturated rings. The van der Waals surface area contributed by atoms with Crippen LogP contribution in [-0.2, 0) is 14.3 Å². The largest absolute Gasteiger partial charge is 0.469 e. The van der Waals surface area contributed by atoms with Crippen LogP contribution in [0.3, 0.4) is 0 Å². The molecule has 0 aromatic carbocycles. The highest BCUT2D eigenvalue weighted by atomic mass is 16.5. The number of carbonyl (C=O) groups excluding carboxylic acids is 2. The third kappa shape index (κ3) is 4.49. The molecule has 0 heterocycles. The quantitative estimate of drug-likeness (QED) is 0.614. The molecular formula is C14H26N2O3. The maximum absolute atomic E-state index is 12.4. The molecule has 5 nitrogen and oxygen atoms in total. The van der Waals surface area contributed by atoms with Gasteiger partial charge in [-0.25, -0.2) is 0 Å². The van der Waals surface area contributed by atoms with Crippen molar-refractivity contribution in [2.45, 2.75) is 45.1 Å². The fourth-order valence-corrected chi connectivity index (χ4v) is 2.70. The zero-order chi connectivity index (χ0) is 14.4. The number of hydrogen-bond donors (Lipinski definition) is 1. The first-order valence-electron chi connectivity index (χ1n) is 7.05. The zero-order valence-corrected chi connectivity index (χ0v) is 12.2. The highest BCUT2D eigenvalue weighted by molar-refractivity contribution is 5.80. The molecule has 0 bridgehead atoms. The monoisotopic (exact) mass is 270 g/mol. The molecule has 0 aromatic rings. The van der Waals surface area contributed by atoms with E-state index < -0.39 is 0 Å². The molecule has 0 aliphatic heterocycles. The van der Waals surface area contributed by atoms with E-state index in [-0.39, 0.29) is 29.8 Å². The maximum Gasteiger partial charge on any atom is 0.310 e. The smallest absolute Gasteiger partial charge is 0.310 e. The van der Waals surface area contributed by atoms with Crippen molar-refractivity contribution in [3.8, 4) is 0 Å². The Morgan fingerprint density at radius 2 is 1.95 bits per heavy atom. The van der Waals surface area contributed by atoms with Gasteiger partial charge in [0, 0.05) is 19.6 Å². The van der Waals surface area contributed by atoms with Crippen LogP contribution in [0.2, 0.25) is 0 Å². The van der Waals surface area contributed by atoms with E-state index in [2.05, 4.69) is 4.74 Å². The number of nitrogens with zero attached hydrogens (tertiary/aromatic N) is 1. The second-order valence-corrected chi connectivity index (χ2v) is 5.55. The summed E-state index contributed by atoms with van der Waals surface area (Å²) in [7, 11) is 3.10. The van der Waals surface area contributed by atoms with Gasteiger partial charge in [0.25, 0.3) is 0 Å². The summed E-state index contributed by atoms with van der Waals surface area (Å²) in [5, 5.41) is 0. The van der Waals surface area contributed by atoms with Gasteiger partial charge in [-0.15, -0.1) is 0 Å². The fraction of sp³-hybridized carbons (Fsp3) is 0.857. The molecule has 0 radical (unpaired) electrons. The molecule has 1 saturated carbocycles. The fourth-order valence-electron chi connectivity index (χ4n) is 2.70. The van der Waals surface area contributed by atoms with Crippen LogP contribution in [0.25, 0.3) is 0 Å². The number of rotatable bonds is 4. The lowest BCUT2D eigenvalue weighted by atomic mass is 9.94. The Bertz CT molecular complexity index is 320. The van der Waals surface area contributed by atoms with Gasteiger partial charge in [0.05, 0.1) is 18.9 Å². The Morgan fingerprint density at radius 3 is 2.58 bits per heavy atom. The van der Waals surface area contributed by atoms with Crippen molar-refractivity contribution < 1.29 is 14.3 Å². The highest BCUT2D eigenvalue weighted by Gasteiger charge is 2.30. The van der Waals surface area contributed by atoms with Gasteiger partial charge >= 0.3 is 5.97 Å². The van der Waals surface area contributed by atoms with Crippen molar-refractivity contribution in [3.05, 3.63) is 0 Å². The summed E-state index contributed by atoms with van der Waals surface area (Å²) in [6.45, 7) is 2.15. The van der Waals surface area contributed by atoms with E-state index in [1.807, 2.05) is 0 Å². The van der Waals surface area contributed by atoms with E-state index in [0.717, 1.165) is 32.1 Å². The van der Waals surface area contributed by atoms with Crippen LogP contribution in [0, 0.1) is 11.8 Å². The molecule has 1 aliphatic carbocycles. The van der Waals surface area contributed by atoms with E-state index in [0.29, 0.717) is 6.54 Å². The van der Waals surface area contributed by atoms with Crippen LogP contribution >= 0.6 is 0 Å². The second-order valence-electron chi connectivity index (χ2n) is 5.55. The van der Waals surface area contributed by atoms with Crippen molar-refractivity contribution in [2.75, 3.05) is 20.7 Å². The number of amides is 1. The summed E-state index contributed by atoms with van der Waals surface area (Å²) in [5.41, 5.74) is 6.10. The number of hydrogen-bond acceptors (Lipinski definition) is 4. The van der Waals surface area contributed by atoms with Crippen molar-refractivity contribution in [1.29, 1.82) is 0 Å². The first-order chi connectivity index (χ1) is 8.97. The summed E-state index contributed by atoms with van der Waals surface area (Å²) in [5.74, 6) is -0.631. The highest BCUT2D eigenvalue weighted by Crippen LogP contribution is 2.24. The summed E-state index contributed by atoms with van der Waals surface area (Å²) < 4.78 is 4.68. The van der Waals surface area contributed by atoms with Crippen LogP contribution in [-0.4, -0.2) is 43.5 Å². The van der Waals surface area contributed by atoms with Gasteiger partial charge in [0.1, 0.15) is 0 Å².